The number of nitrogens with one attached hydrogen (secondary N) is 2. The molecule has 0 radical (unpaired) electrons. The second kappa shape index (κ2) is 8.73. The maximum absolute atomic E-state index is 13.0. The fraction of sp³-hybridized carbons (Fsp3) is 0.333. The summed E-state index contributed by atoms with van der Waals surface area (Å²) in [6, 6.07) is 13.2. The van der Waals surface area contributed by atoms with E-state index in [2.05, 4.69) is 26.6 Å². The van der Waals surface area contributed by atoms with E-state index >= 15 is 0 Å². The lowest BCUT2D eigenvalue weighted by atomic mass is 9.81. The number of amides is 3. The maximum atomic E-state index is 13.0. The van der Waals surface area contributed by atoms with Gasteiger partial charge in [0, 0.05) is 24.1 Å². The highest BCUT2D eigenvalue weighted by Crippen LogP contribution is 2.31. The number of hydrogen-bond donors (Lipinski definition) is 2. The lowest BCUT2D eigenvalue weighted by molar-refractivity contribution is -0.132. The molecule has 1 fully saturated rings. The van der Waals surface area contributed by atoms with Gasteiger partial charge >= 0.3 is 6.03 Å². The van der Waals surface area contributed by atoms with E-state index in [1.807, 2.05) is 31.2 Å². The molecule has 2 N–H and O–H groups in total. The van der Waals surface area contributed by atoms with E-state index in [1.54, 1.807) is 17.0 Å². The van der Waals surface area contributed by atoms with Crippen molar-refractivity contribution in [1.82, 2.24) is 10.2 Å². The quantitative estimate of drug-likeness (QED) is 0.722. The molecule has 0 saturated carbocycles. The third-order valence-corrected chi connectivity index (χ3v) is 5.71. The molecule has 1 atom stereocenters. The maximum Gasteiger partial charge on any atom is 0.321 e. The van der Waals surface area contributed by atoms with Gasteiger partial charge in [0.25, 0.3) is 0 Å². The molecule has 148 valence electrons. The van der Waals surface area contributed by atoms with Crippen LogP contribution in [0.5, 0.6) is 0 Å². The molecule has 5 nitrogen and oxygen atoms in total. The summed E-state index contributed by atoms with van der Waals surface area (Å²) in [7, 11) is 0. The Kier molecular flexibility index (Phi) is 6.34. The van der Waals surface area contributed by atoms with Gasteiger partial charge in [-0.1, -0.05) is 24.3 Å². The van der Waals surface area contributed by atoms with Gasteiger partial charge in [0.1, 0.15) is 5.82 Å². The van der Waals surface area contributed by atoms with Crippen LogP contribution in [0.15, 0.2) is 53.0 Å². The van der Waals surface area contributed by atoms with Crippen LogP contribution in [0.3, 0.4) is 0 Å². The zero-order valence-electron chi connectivity index (χ0n) is 15.7. The van der Waals surface area contributed by atoms with Crippen molar-refractivity contribution < 1.29 is 14.0 Å². The number of likely N-dealkylation sites (tertiary alicyclic amines) is 1. The number of para-hydroxylation sites is 1. The summed E-state index contributed by atoms with van der Waals surface area (Å²) in [5.74, 6) is -0.406. The molecule has 28 heavy (non-hydrogen) atoms. The number of hydrogen-bond acceptors (Lipinski definition) is 2. The summed E-state index contributed by atoms with van der Waals surface area (Å²) in [6.45, 7) is 3.17. The summed E-state index contributed by atoms with van der Waals surface area (Å²) in [5.41, 5.74) is 0.863. The molecule has 1 aliphatic rings. The molecule has 0 bridgehead atoms. The Morgan fingerprint density at radius 2 is 1.89 bits per heavy atom. The Balaban J connectivity index is 1.60. The van der Waals surface area contributed by atoms with Crippen LogP contribution in [0.4, 0.5) is 14.9 Å². The first kappa shape index (κ1) is 20.3. The molecule has 1 saturated heterocycles. The van der Waals surface area contributed by atoms with Crippen molar-refractivity contribution in [3.05, 3.63) is 64.4 Å². The molecular weight excluding hydrogens is 425 g/mol. The number of nitrogens with zero attached hydrogens (tertiary/aromatic N) is 1. The molecule has 7 heteroatoms. The Hall–Kier alpha value is -2.41. The summed E-state index contributed by atoms with van der Waals surface area (Å²) in [6.07, 6.45) is 1.46. The van der Waals surface area contributed by atoms with Gasteiger partial charge in [-0.2, -0.15) is 0 Å². The van der Waals surface area contributed by atoms with E-state index in [9.17, 15) is 14.0 Å². The first-order valence-corrected chi connectivity index (χ1v) is 10.00. The van der Waals surface area contributed by atoms with Crippen LogP contribution in [0.2, 0.25) is 0 Å². The SMILES string of the molecule is C[C@]1(C(=O)NCc2ccc(F)cc2)CCCN(C(=O)Nc2ccccc2Br)C1. The van der Waals surface area contributed by atoms with E-state index in [0.29, 0.717) is 31.7 Å². The number of halogens is 2. The normalized spacial score (nSPS) is 19.2. The van der Waals surface area contributed by atoms with Gasteiger partial charge in [0.05, 0.1) is 11.1 Å². The number of urea groups is 1. The molecule has 2 aromatic carbocycles. The molecule has 0 spiro atoms. The summed E-state index contributed by atoms with van der Waals surface area (Å²) in [5, 5.41) is 5.81. The van der Waals surface area contributed by atoms with Crippen LogP contribution in [0, 0.1) is 11.2 Å². The first-order valence-electron chi connectivity index (χ1n) is 9.21. The number of rotatable bonds is 4. The van der Waals surface area contributed by atoms with Gasteiger partial charge in [-0.25, -0.2) is 9.18 Å². The van der Waals surface area contributed by atoms with Gasteiger partial charge < -0.3 is 15.5 Å². The highest BCUT2D eigenvalue weighted by Gasteiger charge is 2.39. The topological polar surface area (TPSA) is 61.4 Å². The largest absolute Gasteiger partial charge is 0.351 e. The van der Waals surface area contributed by atoms with Crippen LogP contribution in [0.1, 0.15) is 25.3 Å². The number of benzene rings is 2. The smallest absolute Gasteiger partial charge is 0.321 e. The van der Waals surface area contributed by atoms with E-state index in [1.165, 1.54) is 12.1 Å². The van der Waals surface area contributed by atoms with Crippen molar-refractivity contribution in [3.8, 4) is 0 Å². The predicted octanol–water partition coefficient (Wildman–Crippen LogP) is 4.54. The number of carbonyl (C=O) groups excluding carboxylic acids is 2. The summed E-state index contributed by atoms with van der Waals surface area (Å²) >= 11 is 3.42. The fourth-order valence-electron chi connectivity index (χ4n) is 3.35. The van der Waals surface area contributed by atoms with Crippen molar-refractivity contribution in [2.75, 3.05) is 18.4 Å². The number of piperidine rings is 1. The van der Waals surface area contributed by atoms with Gasteiger partial charge in [0.15, 0.2) is 0 Å². The third-order valence-electron chi connectivity index (χ3n) is 5.01. The van der Waals surface area contributed by atoms with Gasteiger partial charge in [-0.05, 0) is 65.5 Å². The zero-order valence-corrected chi connectivity index (χ0v) is 17.3. The molecule has 1 heterocycles. The lowest BCUT2D eigenvalue weighted by Crippen LogP contribution is -2.52. The number of anilines is 1. The molecule has 0 aliphatic carbocycles. The van der Waals surface area contributed by atoms with Crippen molar-refractivity contribution >= 4 is 33.6 Å². The van der Waals surface area contributed by atoms with Gasteiger partial charge in [-0.3, -0.25) is 4.79 Å². The van der Waals surface area contributed by atoms with E-state index in [4.69, 9.17) is 0 Å². The standard InChI is InChI=1S/C21H23BrFN3O2/c1-21(19(27)24-13-15-7-9-16(23)10-8-15)11-4-12-26(14-21)20(28)25-18-6-3-2-5-17(18)22/h2-3,5-10H,4,11-14H2,1H3,(H,24,27)(H,25,28)/t21-/m0/s1. The summed E-state index contributed by atoms with van der Waals surface area (Å²) < 4.78 is 13.8. The minimum Gasteiger partial charge on any atom is -0.351 e. The molecule has 2 aromatic rings. The van der Waals surface area contributed by atoms with Crippen molar-refractivity contribution in [3.63, 3.8) is 0 Å². The Bertz CT molecular complexity index is 859. The monoisotopic (exact) mass is 447 g/mol. The molecule has 3 rings (SSSR count). The Morgan fingerprint density at radius 1 is 1.18 bits per heavy atom. The van der Waals surface area contributed by atoms with E-state index in [0.717, 1.165) is 16.5 Å². The Morgan fingerprint density at radius 3 is 2.61 bits per heavy atom. The van der Waals surface area contributed by atoms with Crippen LogP contribution in [0.25, 0.3) is 0 Å². The van der Waals surface area contributed by atoms with E-state index < -0.39 is 5.41 Å². The lowest BCUT2D eigenvalue weighted by Gasteiger charge is -2.39. The molecule has 1 aliphatic heterocycles. The average Bonchev–Trinajstić information content (AvgIpc) is 2.69. The second-order valence-electron chi connectivity index (χ2n) is 7.30. The van der Waals surface area contributed by atoms with Crippen LogP contribution >= 0.6 is 15.9 Å². The highest BCUT2D eigenvalue weighted by atomic mass is 79.9. The second-order valence-corrected chi connectivity index (χ2v) is 8.16. The fourth-order valence-corrected chi connectivity index (χ4v) is 3.74. The minimum absolute atomic E-state index is 0.102. The third kappa shape index (κ3) is 4.90. The van der Waals surface area contributed by atoms with Gasteiger partial charge in [-0.15, -0.1) is 0 Å². The van der Waals surface area contributed by atoms with E-state index in [-0.39, 0.29) is 17.8 Å². The molecule has 0 aromatic heterocycles. The predicted molar refractivity (Wildman–Crippen MR) is 110 cm³/mol. The van der Waals surface area contributed by atoms with Crippen molar-refractivity contribution in [1.29, 1.82) is 0 Å². The van der Waals surface area contributed by atoms with Crippen LogP contribution in [-0.4, -0.2) is 29.9 Å². The molecule has 0 unspecified atom stereocenters. The molecular formula is C21H23BrFN3O2. The van der Waals surface area contributed by atoms with Gasteiger partial charge in [0.2, 0.25) is 5.91 Å². The van der Waals surface area contributed by atoms with Crippen molar-refractivity contribution in [2.24, 2.45) is 5.41 Å². The average molecular weight is 448 g/mol. The summed E-state index contributed by atoms with van der Waals surface area (Å²) in [4.78, 5) is 27.1. The van der Waals surface area contributed by atoms with Crippen LogP contribution < -0.4 is 10.6 Å². The Labute approximate surface area is 172 Å². The molecule has 3 amide bonds. The van der Waals surface area contributed by atoms with Crippen LogP contribution in [-0.2, 0) is 11.3 Å². The zero-order chi connectivity index (χ0) is 20.1. The first-order chi connectivity index (χ1) is 13.4. The number of carbonyl (C=O) groups is 2. The highest BCUT2D eigenvalue weighted by molar-refractivity contribution is 9.10. The minimum atomic E-state index is -0.663. The van der Waals surface area contributed by atoms with Crippen molar-refractivity contribution in [2.45, 2.75) is 26.3 Å².